The van der Waals surface area contributed by atoms with E-state index in [1.54, 1.807) is 0 Å². The third-order valence-corrected chi connectivity index (χ3v) is 1.94. The van der Waals surface area contributed by atoms with Gasteiger partial charge in [0.25, 0.3) is 0 Å². The van der Waals surface area contributed by atoms with E-state index in [0.29, 0.717) is 6.07 Å². The van der Waals surface area contributed by atoms with Crippen molar-refractivity contribution in [3.05, 3.63) is 23.3 Å². The molecule has 0 saturated carbocycles. The Morgan fingerprint density at radius 1 is 1.47 bits per heavy atom. The first-order valence-electron chi connectivity index (χ1n) is 4.98. The number of aromatic hydroxyl groups is 1. The Labute approximate surface area is 105 Å². The number of nitriles is 1. The fraction of sp³-hybridized carbons (Fsp3) is 0.273. The standard InChI is InChI=1S/C11H8F3NO4/c1-2-18-10(17)7-3-6(5-15)8(16)4-9(7)19-11(12,13)14/h3-4,16H,2H2,1H3. The van der Waals surface area contributed by atoms with Gasteiger partial charge in [-0.2, -0.15) is 5.26 Å². The van der Waals surface area contributed by atoms with Crippen LogP contribution >= 0.6 is 0 Å². The molecule has 0 unspecified atom stereocenters. The number of ether oxygens (including phenoxy) is 2. The Morgan fingerprint density at radius 3 is 2.58 bits per heavy atom. The van der Waals surface area contributed by atoms with E-state index in [2.05, 4.69) is 9.47 Å². The smallest absolute Gasteiger partial charge is 0.506 e. The molecule has 0 atom stereocenters. The van der Waals surface area contributed by atoms with Crippen LogP contribution in [0.4, 0.5) is 13.2 Å². The molecule has 8 heteroatoms. The van der Waals surface area contributed by atoms with Crippen molar-refractivity contribution in [2.75, 3.05) is 6.61 Å². The molecule has 102 valence electrons. The summed E-state index contributed by atoms with van der Waals surface area (Å²) < 4.78 is 44.6. The number of halogens is 3. The number of hydrogen-bond donors (Lipinski definition) is 1. The van der Waals surface area contributed by atoms with E-state index in [4.69, 9.17) is 5.26 Å². The molecule has 19 heavy (non-hydrogen) atoms. The molecule has 1 rings (SSSR count). The monoisotopic (exact) mass is 275 g/mol. The molecule has 0 aliphatic carbocycles. The molecular weight excluding hydrogens is 267 g/mol. The molecule has 0 fully saturated rings. The predicted molar refractivity (Wildman–Crippen MR) is 55.5 cm³/mol. The zero-order chi connectivity index (χ0) is 14.6. The minimum Gasteiger partial charge on any atom is -0.506 e. The van der Waals surface area contributed by atoms with Crippen molar-refractivity contribution in [3.8, 4) is 17.6 Å². The van der Waals surface area contributed by atoms with Crippen molar-refractivity contribution < 1.29 is 32.5 Å². The topological polar surface area (TPSA) is 79.6 Å². The average molecular weight is 275 g/mol. The van der Waals surface area contributed by atoms with Crippen molar-refractivity contribution in [1.29, 1.82) is 5.26 Å². The van der Waals surface area contributed by atoms with Crippen LogP contribution in [-0.4, -0.2) is 24.0 Å². The lowest BCUT2D eigenvalue weighted by molar-refractivity contribution is -0.274. The third kappa shape index (κ3) is 3.77. The molecule has 0 heterocycles. The molecule has 0 saturated heterocycles. The highest BCUT2D eigenvalue weighted by Gasteiger charge is 2.34. The molecule has 5 nitrogen and oxygen atoms in total. The lowest BCUT2D eigenvalue weighted by atomic mass is 10.1. The van der Waals surface area contributed by atoms with Crippen LogP contribution in [-0.2, 0) is 4.74 Å². The van der Waals surface area contributed by atoms with E-state index in [-0.39, 0.29) is 12.2 Å². The lowest BCUT2D eigenvalue weighted by Gasteiger charge is -2.13. The molecular formula is C11H8F3NO4. The highest BCUT2D eigenvalue weighted by molar-refractivity contribution is 5.93. The second-order valence-corrected chi connectivity index (χ2v) is 3.25. The molecule has 1 N–H and O–H groups in total. The Balaban J connectivity index is 3.31. The summed E-state index contributed by atoms with van der Waals surface area (Å²) in [7, 11) is 0. The minimum atomic E-state index is -5.04. The van der Waals surface area contributed by atoms with Gasteiger partial charge >= 0.3 is 12.3 Å². The van der Waals surface area contributed by atoms with Crippen LogP contribution in [0.3, 0.4) is 0 Å². The van der Waals surface area contributed by atoms with E-state index in [1.165, 1.54) is 13.0 Å². The van der Waals surface area contributed by atoms with Crippen LogP contribution in [0.2, 0.25) is 0 Å². The number of benzene rings is 1. The van der Waals surface area contributed by atoms with Crippen LogP contribution in [0.15, 0.2) is 12.1 Å². The van der Waals surface area contributed by atoms with Gasteiger partial charge in [0.05, 0.1) is 12.2 Å². The molecule has 0 amide bonds. The Kier molecular flexibility index (Phi) is 4.22. The molecule has 0 aromatic heterocycles. The van der Waals surface area contributed by atoms with Crippen molar-refractivity contribution in [3.63, 3.8) is 0 Å². The van der Waals surface area contributed by atoms with Crippen LogP contribution in [0.1, 0.15) is 22.8 Å². The van der Waals surface area contributed by atoms with E-state index >= 15 is 0 Å². The van der Waals surface area contributed by atoms with Gasteiger partial charge in [-0.3, -0.25) is 0 Å². The van der Waals surface area contributed by atoms with Gasteiger partial charge in [0.1, 0.15) is 23.1 Å². The van der Waals surface area contributed by atoms with Crippen molar-refractivity contribution in [1.82, 2.24) is 0 Å². The maximum Gasteiger partial charge on any atom is 0.573 e. The summed E-state index contributed by atoms with van der Waals surface area (Å²) in [6.07, 6.45) is -5.04. The average Bonchev–Trinajstić information content (AvgIpc) is 2.27. The van der Waals surface area contributed by atoms with Gasteiger partial charge in [-0.05, 0) is 13.0 Å². The molecule has 0 spiro atoms. The van der Waals surface area contributed by atoms with E-state index < -0.39 is 29.4 Å². The summed E-state index contributed by atoms with van der Waals surface area (Å²) in [6.45, 7) is 1.40. The molecule has 1 aromatic rings. The number of phenolic OH excluding ortho intramolecular Hbond substituents is 1. The quantitative estimate of drug-likeness (QED) is 0.856. The van der Waals surface area contributed by atoms with E-state index in [0.717, 1.165) is 6.07 Å². The van der Waals surface area contributed by atoms with Crippen LogP contribution in [0.5, 0.6) is 11.5 Å². The second kappa shape index (κ2) is 5.48. The van der Waals surface area contributed by atoms with Gasteiger partial charge in [-0.25, -0.2) is 4.79 Å². The fourth-order valence-corrected chi connectivity index (χ4v) is 1.24. The fourth-order valence-electron chi connectivity index (χ4n) is 1.24. The Hall–Kier alpha value is -2.43. The number of hydrogen-bond acceptors (Lipinski definition) is 5. The molecule has 0 radical (unpaired) electrons. The zero-order valence-electron chi connectivity index (χ0n) is 9.61. The maximum atomic E-state index is 12.2. The first kappa shape index (κ1) is 14.6. The number of carbonyl (C=O) groups excluding carboxylic acids is 1. The number of phenols is 1. The normalized spacial score (nSPS) is 10.7. The second-order valence-electron chi connectivity index (χ2n) is 3.25. The van der Waals surface area contributed by atoms with Crippen LogP contribution < -0.4 is 4.74 Å². The van der Waals surface area contributed by atoms with Crippen molar-refractivity contribution in [2.24, 2.45) is 0 Å². The summed E-state index contributed by atoms with van der Waals surface area (Å²) in [5.74, 6) is -2.74. The summed E-state index contributed by atoms with van der Waals surface area (Å²) in [5, 5.41) is 18.0. The molecule has 1 aromatic carbocycles. The van der Waals surface area contributed by atoms with Gasteiger partial charge in [-0.1, -0.05) is 0 Å². The van der Waals surface area contributed by atoms with Crippen molar-refractivity contribution >= 4 is 5.97 Å². The number of carbonyl (C=O) groups is 1. The molecule has 0 aliphatic rings. The summed E-state index contributed by atoms with van der Waals surface area (Å²) in [4.78, 5) is 11.5. The predicted octanol–water partition coefficient (Wildman–Crippen LogP) is 2.34. The highest BCUT2D eigenvalue weighted by Crippen LogP contribution is 2.32. The molecule has 0 aliphatic heterocycles. The Bertz CT molecular complexity index is 534. The molecule has 0 bridgehead atoms. The van der Waals surface area contributed by atoms with E-state index in [1.807, 2.05) is 0 Å². The number of alkyl halides is 3. The van der Waals surface area contributed by atoms with Crippen molar-refractivity contribution in [2.45, 2.75) is 13.3 Å². The maximum absolute atomic E-state index is 12.2. The Morgan fingerprint density at radius 2 is 2.11 bits per heavy atom. The summed E-state index contributed by atoms with van der Waals surface area (Å²) >= 11 is 0. The largest absolute Gasteiger partial charge is 0.573 e. The first-order chi connectivity index (χ1) is 8.78. The number of esters is 1. The van der Waals surface area contributed by atoms with Gasteiger partial charge < -0.3 is 14.6 Å². The minimum absolute atomic E-state index is 0.0624. The number of nitrogens with zero attached hydrogens (tertiary/aromatic N) is 1. The van der Waals surface area contributed by atoms with Crippen LogP contribution in [0.25, 0.3) is 0 Å². The van der Waals surface area contributed by atoms with Gasteiger partial charge in [0, 0.05) is 6.07 Å². The first-order valence-corrected chi connectivity index (χ1v) is 4.98. The summed E-state index contributed by atoms with van der Waals surface area (Å²) in [5.41, 5.74) is -0.953. The third-order valence-electron chi connectivity index (χ3n) is 1.94. The zero-order valence-corrected chi connectivity index (χ0v) is 9.61. The number of rotatable bonds is 3. The lowest BCUT2D eigenvalue weighted by Crippen LogP contribution is -2.19. The summed E-state index contributed by atoms with van der Waals surface area (Å²) in [6, 6.07) is 2.84. The van der Waals surface area contributed by atoms with Gasteiger partial charge in [0.2, 0.25) is 0 Å². The van der Waals surface area contributed by atoms with Gasteiger partial charge in [-0.15, -0.1) is 13.2 Å². The highest BCUT2D eigenvalue weighted by atomic mass is 19.4. The SMILES string of the molecule is CCOC(=O)c1cc(C#N)c(O)cc1OC(F)(F)F. The van der Waals surface area contributed by atoms with Gasteiger partial charge in [0.15, 0.2) is 0 Å². The van der Waals surface area contributed by atoms with E-state index in [9.17, 15) is 23.1 Å². The van der Waals surface area contributed by atoms with Crippen LogP contribution in [0, 0.1) is 11.3 Å².